The number of nitrogens with one attached hydrogen (secondary N) is 1. The summed E-state index contributed by atoms with van der Waals surface area (Å²) in [6, 6.07) is 16.9. The van der Waals surface area contributed by atoms with E-state index in [0.29, 0.717) is 30.8 Å². The summed E-state index contributed by atoms with van der Waals surface area (Å²) in [4.78, 5) is 18.7. The summed E-state index contributed by atoms with van der Waals surface area (Å²) >= 11 is 1.61. The van der Waals surface area contributed by atoms with Gasteiger partial charge >= 0.3 is 0 Å². The first-order chi connectivity index (χ1) is 16.3. The van der Waals surface area contributed by atoms with E-state index in [1.165, 1.54) is 0 Å². The molecule has 1 saturated heterocycles. The summed E-state index contributed by atoms with van der Waals surface area (Å²) in [6.07, 6.45) is 3.81. The Balaban J connectivity index is 1.32. The van der Waals surface area contributed by atoms with E-state index in [2.05, 4.69) is 10.3 Å². The van der Waals surface area contributed by atoms with Gasteiger partial charge in [-0.15, -0.1) is 11.3 Å². The van der Waals surface area contributed by atoms with Crippen LogP contribution in [0.4, 0.5) is 0 Å². The number of carbonyl (C=O) groups excluding carboxylic acids is 1. The molecular formula is C26H31N3O3S2. The second-order valence-corrected chi connectivity index (χ2v) is 11.7. The molecule has 1 fully saturated rings. The summed E-state index contributed by atoms with van der Waals surface area (Å²) in [5, 5.41) is 4.03. The molecule has 4 rings (SSSR count). The van der Waals surface area contributed by atoms with Crippen molar-refractivity contribution >= 4 is 27.3 Å². The SMILES string of the molecule is Cc1nc(-c2ccccc2)sc1C(C)NC(=O)CCc1ccc(S(=O)(=O)N2CCCCC2)cc1. The standard InChI is InChI=1S/C26H31N3O3S2/c1-19(25-20(2)28-26(33-25)22-9-5-3-6-10-22)27-24(30)16-13-21-11-14-23(15-12-21)34(31,32)29-17-7-4-8-18-29/h3,5-6,9-12,14-15,19H,4,7-8,13,16-18H2,1-2H3,(H,27,30). The van der Waals surface area contributed by atoms with E-state index in [4.69, 9.17) is 0 Å². The van der Waals surface area contributed by atoms with Crippen LogP contribution in [0.25, 0.3) is 10.6 Å². The van der Waals surface area contributed by atoms with Crippen molar-refractivity contribution < 1.29 is 13.2 Å². The molecule has 1 unspecified atom stereocenters. The Kier molecular flexibility index (Phi) is 7.80. The van der Waals surface area contributed by atoms with Crippen molar-refractivity contribution in [3.8, 4) is 10.6 Å². The third-order valence-electron chi connectivity index (χ3n) is 6.14. The summed E-state index contributed by atoms with van der Waals surface area (Å²) in [6.45, 7) is 5.14. The molecule has 1 N–H and O–H groups in total. The summed E-state index contributed by atoms with van der Waals surface area (Å²) < 4.78 is 27.2. The van der Waals surface area contributed by atoms with Crippen molar-refractivity contribution in [1.29, 1.82) is 0 Å². The lowest BCUT2D eigenvalue weighted by molar-refractivity contribution is -0.121. The minimum Gasteiger partial charge on any atom is -0.349 e. The van der Waals surface area contributed by atoms with Gasteiger partial charge in [-0.3, -0.25) is 4.79 Å². The number of carbonyl (C=O) groups is 1. The Morgan fingerprint density at radius 1 is 1.06 bits per heavy atom. The highest BCUT2D eigenvalue weighted by Gasteiger charge is 2.25. The molecule has 1 amide bonds. The molecule has 3 aromatic rings. The molecule has 0 radical (unpaired) electrons. The van der Waals surface area contributed by atoms with Crippen molar-refractivity contribution in [3.05, 3.63) is 70.7 Å². The number of aryl methyl sites for hydroxylation is 2. The van der Waals surface area contributed by atoms with Crippen molar-refractivity contribution in [2.24, 2.45) is 0 Å². The molecular weight excluding hydrogens is 466 g/mol. The largest absolute Gasteiger partial charge is 0.349 e. The molecule has 180 valence electrons. The van der Waals surface area contributed by atoms with Gasteiger partial charge in [0.1, 0.15) is 5.01 Å². The van der Waals surface area contributed by atoms with Crippen LogP contribution in [-0.4, -0.2) is 36.7 Å². The zero-order valence-electron chi connectivity index (χ0n) is 19.7. The highest BCUT2D eigenvalue weighted by atomic mass is 32.2. The van der Waals surface area contributed by atoms with Crippen LogP contribution in [-0.2, 0) is 21.2 Å². The topological polar surface area (TPSA) is 79.4 Å². The van der Waals surface area contributed by atoms with Crippen LogP contribution in [0.5, 0.6) is 0 Å². The van der Waals surface area contributed by atoms with Crippen LogP contribution in [0, 0.1) is 6.92 Å². The molecule has 1 aromatic heterocycles. The normalized spacial score (nSPS) is 15.7. The predicted octanol–water partition coefficient (Wildman–Crippen LogP) is 5.10. The number of rotatable bonds is 8. The monoisotopic (exact) mass is 497 g/mol. The zero-order valence-corrected chi connectivity index (χ0v) is 21.3. The highest BCUT2D eigenvalue weighted by Crippen LogP contribution is 2.31. The van der Waals surface area contributed by atoms with Crippen molar-refractivity contribution in [2.75, 3.05) is 13.1 Å². The summed E-state index contributed by atoms with van der Waals surface area (Å²) in [7, 11) is -3.43. The van der Waals surface area contributed by atoms with Gasteiger partial charge in [0.15, 0.2) is 0 Å². The average Bonchev–Trinajstić information content (AvgIpc) is 3.26. The summed E-state index contributed by atoms with van der Waals surface area (Å²) in [5.41, 5.74) is 2.95. The first-order valence-corrected chi connectivity index (χ1v) is 14.0. The molecule has 2 heterocycles. The van der Waals surface area contributed by atoms with Crippen LogP contribution in [0.3, 0.4) is 0 Å². The number of nitrogens with zero attached hydrogens (tertiary/aromatic N) is 2. The van der Waals surface area contributed by atoms with E-state index >= 15 is 0 Å². The Bertz CT molecular complexity index is 1220. The number of benzene rings is 2. The maximum absolute atomic E-state index is 12.8. The fourth-order valence-electron chi connectivity index (χ4n) is 4.23. The molecule has 34 heavy (non-hydrogen) atoms. The van der Waals surface area contributed by atoms with Crippen LogP contribution in [0.2, 0.25) is 0 Å². The smallest absolute Gasteiger partial charge is 0.243 e. The summed E-state index contributed by atoms with van der Waals surface area (Å²) in [5.74, 6) is -0.0356. The van der Waals surface area contributed by atoms with Gasteiger partial charge in [0.05, 0.1) is 21.5 Å². The maximum atomic E-state index is 12.8. The third kappa shape index (κ3) is 5.74. The van der Waals surface area contributed by atoms with Gasteiger partial charge in [0, 0.05) is 25.1 Å². The predicted molar refractivity (Wildman–Crippen MR) is 136 cm³/mol. The van der Waals surface area contributed by atoms with Gasteiger partial charge in [0.2, 0.25) is 15.9 Å². The number of piperidine rings is 1. The lowest BCUT2D eigenvalue weighted by atomic mass is 10.1. The fourth-order valence-corrected chi connectivity index (χ4v) is 6.82. The quantitative estimate of drug-likeness (QED) is 0.469. The number of aromatic nitrogens is 1. The molecule has 6 nitrogen and oxygen atoms in total. The maximum Gasteiger partial charge on any atom is 0.243 e. The number of hydrogen-bond acceptors (Lipinski definition) is 5. The lowest BCUT2D eigenvalue weighted by Gasteiger charge is -2.25. The van der Waals surface area contributed by atoms with Gasteiger partial charge in [0.25, 0.3) is 0 Å². The number of hydrogen-bond donors (Lipinski definition) is 1. The van der Waals surface area contributed by atoms with Crippen LogP contribution in [0.15, 0.2) is 59.5 Å². The van der Waals surface area contributed by atoms with Crippen LogP contribution < -0.4 is 5.32 Å². The average molecular weight is 498 g/mol. The van der Waals surface area contributed by atoms with Gasteiger partial charge in [-0.05, 0) is 50.8 Å². The Hall–Kier alpha value is -2.55. The first kappa shape index (κ1) is 24.6. The molecule has 0 aliphatic carbocycles. The zero-order chi connectivity index (χ0) is 24.1. The lowest BCUT2D eigenvalue weighted by Crippen LogP contribution is -2.35. The highest BCUT2D eigenvalue weighted by molar-refractivity contribution is 7.89. The van der Waals surface area contributed by atoms with Gasteiger partial charge in [-0.1, -0.05) is 48.9 Å². The van der Waals surface area contributed by atoms with Gasteiger partial charge in [-0.2, -0.15) is 4.31 Å². The Morgan fingerprint density at radius 2 is 1.74 bits per heavy atom. The fraction of sp³-hybridized carbons (Fsp3) is 0.385. The Morgan fingerprint density at radius 3 is 2.41 bits per heavy atom. The van der Waals surface area contributed by atoms with E-state index in [-0.39, 0.29) is 11.9 Å². The van der Waals surface area contributed by atoms with Crippen LogP contribution >= 0.6 is 11.3 Å². The van der Waals surface area contributed by atoms with E-state index in [0.717, 1.165) is 46.0 Å². The van der Waals surface area contributed by atoms with Crippen molar-refractivity contribution in [3.63, 3.8) is 0 Å². The molecule has 1 aliphatic heterocycles. The van der Waals surface area contributed by atoms with Gasteiger partial charge < -0.3 is 5.32 Å². The molecule has 0 saturated carbocycles. The molecule has 1 aliphatic rings. The first-order valence-electron chi connectivity index (χ1n) is 11.8. The number of sulfonamides is 1. The Labute approximate surface area is 206 Å². The molecule has 2 aromatic carbocycles. The number of thiazole rings is 1. The minimum absolute atomic E-state index is 0.0356. The van der Waals surface area contributed by atoms with Crippen molar-refractivity contribution in [1.82, 2.24) is 14.6 Å². The van der Waals surface area contributed by atoms with Crippen molar-refractivity contribution in [2.45, 2.75) is 56.9 Å². The molecule has 0 bridgehead atoms. The van der Waals surface area contributed by atoms with Gasteiger partial charge in [-0.25, -0.2) is 13.4 Å². The second kappa shape index (κ2) is 10.8. The van der Waals surface area contributed by atoms with Crippen LogP contribution in [0.1, 0.15) is 54.8 Å². The van der Waals surface area contributed by atoms with E-state index in [1.807, 2.05) is 56.3 Å². The molecule has 8 heteroatoms. The molecule has 1 atom stereocenters. The van der Waals surface area contributed by atoms with E-state index < -0.39 is 10.0 Å². The second-order valence-electron chi connectivity index (χ2n) is 8.73. The molecule has 0 spiro atoms. The van der Waals surface area contributed by atoms with E-state index in [9.17, 15) is 13.2 Å². The third-order valence-corrected chi connectivity index (χ3v) is 9.44. The number of amides is 1. The van der Waals surface area contributed by atoms with E-state index in [1.54, 1.807) is 27.8 Å². The minimum atomic E-state index is -3.43.